The molecule has 0 aliphatic carbocycles. The minimum Gasteiger partial charge on any atom is -0.455 e. The summed E-state index contributed by atoms with van der Waals surface area (Å²) in [6.07, 6.45) is 0.0773. The molecule has 1 aliphatic rings. The molecule has 8 nitrogen and oxygen atoms in total. The van der Waals surface area contributed by atoms with Crippen LogP contribution >= 0.6 is 0 Å². The topological polar surface area (TPSA) is 91.5 Å². The van der Waals surface area contributed by atoms with E-state index in [9.17, 15) is 13.2 Å². The molecule has 3 heterocycles. The van der Waals surface area contributed by atoms with Crippen LogP contribution in [0.1, 0.15) is 35.3 Å². The van der Waals surface area contributed by atoms with Gasteiger partial charge in [-0.25, -0.2) is 5.43 Å². The van der Waals surface area contributed by atoms with Crippen molar-refractivity contribution in [2.24, 2.45) is 11.0 Å². The molecule has 1 saturated heterocycles. The van der Waals surface area contributed by atoms with Gasteiger partial charge < -0.3 is 14.6 Å². The van der Waals surface area contributed by atoms with Crippen molar-refractivity contribution >= 4 is 29.7 Å². The summed E-state index contributed by atoms with van der Waals surface area (Å²) in [5.74, 6) is 2.39. The van der Waals surface area contributed by atoms with Crippen molar-refractivity contribution in [1.82, 2.24) is 15.0 Å². The molecule has 6 rings (SSSR count). The molecule has 2 N–H and O–H groups in total. The number of nitrogens with zero attached hydrogens (tertiary/aromatic N) is 5. The highest BCUT2D eigenvalue weighted by Gasteiger charge is 2.30. The Morgan fingerprint density at radius 3 is 2.40 bits per heavy atom. The number of piperidine rings is 1. The fourth-order valence-electron chi connectivity index (χ4n) is 5.24. The fourth-order valence-corrected chi connectivity index (χ4v) is 5.24. The first-order valence-electron chi connectivity index (χ1n) is 14.7. The smallest absolute Gasteiger partial charge is 0.416 e. The molecular weight excluding hydrogens is 579 g/mol. The van der Waals surface area contributed by atoms with Gasteiger partial charge in [-0.2, -0.15) is 33.2 Å². The quantitative estimate of drug-likeness (QED) is 0.129. The van der Waals surface area contributed by atoms with Crippen molar-refractivity contribution in [3.05, 3.63) is 113 Å². The molecule has 0 atom stereocenters. The summed E-state index contributed by atoms with van der Waals surface area (Å²) in [4.78, 5) is 16.0. The number of nitrogens with one attached hydrogen (secondary N) is 2. The molecule has 1 fully saturated rings. The van der Waals surface area contributed by atoms with Crippen LogP contribution in [-0.4, -0.2) is 34.3 Å². The number of aryl methyl sites for hydroxylation is 1. The van der Waals surface area contributed by atoms with Gasteiger partial charge in [-0.1, -0.05) is 60.2 Å². The predicted molar refractivity (Wildman–Crippen MR) is 170 cm³/mol. The van der Waals surface area contributed by atoms with E-state index in [0.717, 1.165) is 55.7 Å². The molecule has 11 heteroatoms. The van der Waals surface area contributed by atoms with Gasteiger partial charge in [0.05, 0.1) is 11.8 Å². The minimum atomic E-state index is -4.44. The van der Waals surface area contributed by atoms with Gasteiger partial charge >= 0.3 is 6.18 Å². The molecular formula is C34H32F3N7O. The van der Waals surface area contributed by atoms with Gasteiger partial charge in [-0.15, -0.1) is 0 Å². The summed E-state index contributed by atoms with van der Waals surface area (Å²) in [6, 6.07) is 26.7. The van der Waals surface area contributed by atoms with Gasteiger partial charge in [-0.3, -0.25) is 0 Å². The molecule has 45 heavy (non-hydrogen) atoms. The van der Waals surface area contributed by atoms with Gasteiger partial charge in [0.2, 0.25) is 17.8 Å². The molecule has 0 saturated carbocycles. The van der Waals surface area contributed by atoms with E-state index in [-0.39, 0.29) is 5.95 Å². The van der Waals surface area contributed by atoms with Crippen LogP contribution in [0.25, 0.3) is 11.3 Å². The molecule has 0 unspecified atom stereocenters. The lowest BCUT2D eigenvalue weighted by atomic mass is 9.90. The average Bonchev–Trinajstić information content (AvgIpc) is 3.52. The van der Waals surface area contributed by atoms with Gasteiger partial charge in [0, 0.05) is 24.3 Å². The third-order valence-electron chi connectivity index (χ3n) is 7.65. The number of anilines is 4. The summed E-state index contributed by atoms with van der Waals surface area (Å²) in [7, 11) is 0. The Bertz CT molecular complexity index is 1750. The first kappa shape index (κ1) is 29.9. The molecule has 5 aromatic rings. The Labute approximate surface area is 259 Å². The maximum absolute atomic E-state index is 13.1. The van der Waals surface area contributed by atoms with E-state index in [4.69, 9.17) is 9.40 Å². The lowest BCUT2D eigenvalue weighted by molar-refractivity contribution is -0.137. The van der Waals surface area contributed by atoms with Crippen LogP contribution in [0.2, 0.25) is 0 Å². The molecule has 0 bridgehead atoms. The van der Waals surface area contributed by atoms with Crippen molar-refractivity contribution in [3.63, 3.8) is 0 Å². The van der Waals surface area contributed by atoms with E-state index >= 15 is 0 Å². The van der Waals surface area contributed by atoms with E-state index in [2.05, 4.69) is 55.0 Å². The molecule has 3 aromatic carbocycles. The predicted octanol–water partition coefficient (Wildman–Crippen LogP) is 8.11. The van der Waals surface area contributed by atoms with E-state index < -0.39 is 11.7 Å². The fraction of sp³-hybridized carbons (Fsp3) is 0.235. The number of furan rings is 1. The molecule has 1 aliphatic heterocycles. The molecule has 0 radical (unpaired) electrons. The van der Waals surface area contributed by atoms with Gasteiger partial charge in [0.15, 0.2) is 0 Å². The maximum Gasteiger partial charge on any atom is 0.416 e. The van der Waals surface area contributed by atoms with Crippen LogP contribution < -0.4 is 15.6 Å². The summed E-state index contributed by atoms with van der Waals surface area (Å²) < 4.78 is 45.2. The van der Waals surface area contributed by atoms with E-state index in [0.29, 0.717) is 34.9 Å². The van der Waals surface area contributed by atoms with E-state index in [1.807, 2.05) is 37.3 Å². The summed E-state index contributed by atoms with van der Waals surface area (Å²) >= 11 is 0. The maximum atomic E-state index is 13.1. The Hall–Kier alpha value is -5.19. The SMILES string of the molecule is Cc1ccc(Nc2nc(NN=Cc3ccc(-c4cccc(C(F)(F)F)c4)o3)nc(N3CCC(Cc4ccccc4)CC3)n2)cc1. The first-order chi connectivity index (χ1) is 21.8. The second kappa shape index (κ2) is 13.2. The van der Waals surface area contributed by atoms with Gasteiger partial charge in [0.25, 0.3) is 0 Å². The van der Waals surface area contributed by atoms with Crippen LogP contribution in [0, 0.1) is 12.8 Å². The normalized spacial score (nSPS) is 14.2. The Morgan fingerprint density at radius 1 is 0.889 bits per heavy atom. The summed E-state index contributed by atoms with van der Waals surface area (Å²) in [5.41, 5.74) is 5.77. The number of rotatable bonds is 9. The number of aromatic nitrogens is 3. The molecule has 230 valence electrons. The van der Waals surface area contributed by atoms with Crippen LogP contribution in [0.15, 0.2) is 101 Å². The largest absolute Gasteiger partial charge is 0.455 e. The second-order valence-electron chi connectivity index (χ2n) is 11.0. The van der Waals surface area contributed by atoms with Crippen LogP contribution in [0.4, 0.5) is 36.7 Å². The van der Waals surface area contributed by atoms with Crippen LogP contribution in [-0.2, 0) is 12.6 Å². The number of benzene rings is 3. The Morgan fingerprint density at radius 2 is 1.64 bits per heavy atom. The average molecular weight is 612 g/mol. The molecule has 0 spiro atoms. The van der Waals surface area contributed by atoms with Crippen molar-refractivity contribution in [3.8, 4) is 11.3 Å². The van der Waals surface area contributed by atoms with Gasteiger partial charge in [0.1, 0.15) is 11.5 Å². The van der Waals surface area contributed by atoms with Crippen molar-refractivity contribution in [2.75, 3.05) is 28.7 Å². The number of hydrogen-bond acceptors (Lipinski definition) is 8. The van der Waals surface area contributed by atoms with Crippen molar-refractivity contribution < 1.29 is 17.6 Å². The van der Waals surface area contributed by atoms with E-state index in [1.165, 1.54) is 17.8 Å². The van der Waals surface area contributed by atoms with Crippen LogP contribution in [0.5, 0.6) is 0 Å². The highest BCUT2D eigenvalue weighted by molar-refractivity contribution is 5.78. The third-order valence-corrected chi connectivity index (χ3v) is 7.65. The second-order valence-corrected chi connectivity index (χ2v) is 11.0. The number of halogens is 3. The first-order valence-corrected chi connectivity index (χ1v) is 14.7. The molecule has 2 aromatic heterocycles. The zero-order valence-electron chi connectivity index (χ0n) is 24.6. The standard InChI is InChI=1S/C34H32F3N7O/c1-23-10-12-28(13-11-23)39-31-40-32(42-33(41-31)44-18-16-25(17-19-44)20-24-6-3-2-4-7-24)43-38-22-29-14-15-30(45-29)26-8-5-9-27(21-26)34(35,36)37/h2-15,21-22,25H,16-20H2,1H3,(H2,39,40,41,42,43). The van der Waals surface area contributed by atoms with Crippen LogP contribution in [0.3, 0.4) is 0 Å². The van der Waals surface area contributed by atoms with Crippen molar-refractivity contribution in [1.29, 1.82) is 0 Å². The highest BCUT2D eigenvalue weighted by atomic mass is 19.4. The minimum absolute atomic E-state index is 0.238. The van der Waals surface area contributed by atoms with E-state index in [1.54, 1.807) is 18.2 Å². The number of hydrazone groups is 1. The molecule has 0 amide bonds. The lowest BCUT2D eigenvalue weighted by Crippen LogP contribution is -2.35. The zero-order chi connectivity index (χ0) is 31.2. The number of alkyl halides is 3. The highest BCUT2D eigenvalue weighted by Crippen LogP contribution is 2.32. The monoisotopic (exact) mass is 611 g/mol. The van der Waals surface area contributed by atoms with Crippen molar-refractivity contribution in [2.45, 2.75) is 32.4 Å². The van der Waals surface area contributed by atoms with Gasteiger partial charge in [-0.05, 0) is 74.1 Å². The Balaban J connectivity index is 1.17. The lowest BCUT2D eigenvalue weighted by Gasteiger charge is -2.32. The summed E-state index contributed by atoms with van der Waals surface area (Å²) in [6.45, 7) is 3.66. The Kier molecular flexibility index (Phi) is 8.77. The summed E-state index contributed by atoms with van der Waals surface area (Å²) in [5, 5.41) is 7.49. The third kappa shape index (κ3) is 7.86. The number of hydrogen-bond donors (Lipinski definition) is 2. The zero-order valence-corrected chi connectivity index (χ0v) is 24.6.